The molecular weight excluding hydrogens is 473 g/mol. The number of nitrogens with one attached hydrogen (secondary N) is 2. The first-order valence-electron chi connectivity index (χ1n) is 10.3. The van der Waals surface area contributed by atoms with E-state index in [2.05, 4.69) is 20.7 Å². The number of halogens is 5. The number of carbonyl (C=O) groups is 2. The van der Waals surface area contributed by atoms with Gasteiger partial charge in [-0.05, 0) is 37.1 Å². The summed E-state index contributed by atoms with van der Waals surface area (Å²) in [7, 11) is 0. The monoisotopic (exact) mass is 493 g/mol. The van der Waals surface area contributed by atoms with Gasteiger partial charge in [-0.25, -0.2) is 28.6 Å². The molecule has 0 atom stereocenters. The minimum atomic E-state index is -4.97. The second-order valence-electron chi connectivity index (χ2n) is 7.33. The van der Waals surface area contributed by atoms with E-state index in [0.29, 0.717) is 11.9 Å². The van der Waals surface area contributed by atoms with Crippen LogP contribution in [0, 0.1) is 18.6 Å². The summed E-state index contributed by atoms with van der Waals surface area (Å²) in [5.41, 5.74) is 0.300. The third kappa shape index (κ3) is 6.08. The Balaban J connectivity index is 1.70. The predicted octanol–water partition coefficient (Wildman–Crippen LogP) is 4.63. The number of aryl methyl sites for hydroxylation is 1. The van der Waals surface area contributed by atoms with Gasteiger partial charge < -0.3 is 5.32 Å². The molecule has 0 bridgehead atoms. The molecule has 0 aliphatic carbocycles. The molecule has 0 saturated heterocycles. The zero-order chi connectivity index (χ0) is 25.8. The lowest BCUT2D eigenvalue weighted by Crippen LogP contribution is -2.50. The van der Waals surface area contributed by atoms with E-state index in [1.165, 1.54) is 24.5 Å². The number of nitrogens with zero attached hydrogens (tertiary/aromatic N) is 3. The zero-order valence-electron chi connectivity index (χ0n) is 18.6. The highest BCUT2D eigenvalue weighted by atomic mass is 19.4. The number of hydrogen-bond donors (Lipinski definition) is 2. The van der Waals surface area contributed by atoms with Crippen LogP contribution in [0.4, 0.5) is 26.7 Å². The summed E-state index contributed by atoms with van der Waals surface area (Å²) < 4.78 is 68.3. The highest BCUT2D eigenvalue weighted by molar-refractivity contribution is 5.94. The second-order valence-corrected chi connectivity index (χ2v) is 7.33. The quantitative estimate of drug-likeness (QED) is 0.401. The molecule has 0 radical (unpaired) electrons. The van der Waals surface area contributed by atoms with Crippen LogP contribution in [-0.4, -0.2) is 33.5 Å². The molecule has 184 valence electrons. The summed E-state index contributed by atoms with van der Waals surface area (Å²) in [5.74, 6) is -2.53. The molecule has 0 spiro atoms. The minimum absolute atomic E-state index is 0.0265. The average Bonchev–Trinajstić information content (AvgIpc) is 2.80. The molecule has 0 aliphatic heterocycles. The third-order valence-corrected chi connectivity index (χ3v) is 4.93. The first-order chi connectivity index (χ1) is 16.5. The summed E-state index contributed by atoms with van der Waals surface area (Å²) in [4.78, 5) is 32.5. The number of hydrogen-bond acceptors (Lipinski definition) is 4. The van der Waals surface area contributed by atoms with Gasteiger partial charge in [0.05, 0.1) is 11.1 Å². The molecule has 35 heavy (non-hydrogen) atoms. The van der Waals surface area contributed by atoms with E-state index in [1.54, 1.807) is 13.8 Å². The molecule has 1 heterocycles. The van der Waals surface area contributed by atoms with Crippen molar-refractivity contribution in [3.63, 3.8) is 0 Å². The van der Waals surface area contributed by atoms with Gasteiger partial charge in [0.1, 0.15) is 17.5 Å². The number of alkyl halides is 3. The number of amides is 3. The lowest BCUT2D eigenvalue weighted by molar-refractivity contribution is -0.139. The lowest BCUT2D eigenvalue weighted by atomic mass is 9.97. The van der Waals surface area contributed by atoms with Gasteiger partial charge in [0.25, 0.3) is 5.91 Å². The van der Waals surface area contributed by atoms with Crippen LogP contribution in [0.2, 0.25) is 0 Å². The van der Waals surface area contributed by atoms with Gasteiger partial charge in [0.2, 0.25) is 0 Å². The van der Waals surface area contributed by atoms with Gasteiger partial charge in [-0.1, -0.05) is 24.3 Å². The summed E-state index contributed by atoms with van der Waals surface area (Å²) in [5, 5.41) is 3.38. The number of carbonyl (C=O) groups excluding carboxylic acids is 2. The van der Waals surface area contributed by atoms with Crippen LogP contribution in [-0.2, 0) is 12.7 Å². The fourth-order valence-corrected chi connectivity index (χ4v) is 3.15. The number of urea groups is 1. The molecule has 2 N–H and O–H groups in total. The smallest absolute Gasteiger partial charge is 0.332 e. The predicted molar refractivity (Wildman–Crippen MR) is 116 cm³/mol. The summed E-state index contributed by atoms with van der Waals surface area (Å²) in [6.07, 6.45) is -2.38. The summed E-state index contributed by atoms with van der Waals surface area (Å²) in [6.45, 7) is 3.00. The van der Waals surface area contributed by atoms with Crippen molar-refractivity contribution >= 4 is 11.9 Å². The molecule has 3 rings (SSSR count). The first-order valence-corrected chi connectivity index (χ1v) is 10.3. The molecule has 12 heteroatoms. The van der Waals surface area contributed by atoms with Gasteiger partial charge in [-0.2, -0.15) is 13.2 Å². The van der Waals surface area contributed by atoms with E-state index in [4.69, 9.17) is 0 Å². The molecule has 1 aromatic heterocycles. The summed E-state index contributed by atoms with van der Waals surface area (Å²) in [6, 6.07) is 5.30. The Morgan fingerprint density at radius 1 is 1.03 bits per heavy atom. The van der Waals surface area contributed by atoms with E-state index in [0.717, 1.165) is 23.2 Å². The van der Waals surface area contributed by atoms with E-state index in [9.17, 15) is 31.5 Å². The second kappa shape index (κ2) is 10.5. The zero-order valence-corrected chi connectivity index (χ0v) is 18.6. The van der Waals surface area contributed by atoms with Gasteiger partial charge in [0.15, 0.2) is 0 Å². The van der Waals surface area contributed by atoms with Crippen LogP contribution in [0.1, 0.15) is 34.2 Å². The fraction of sp³-hybridized carbons (Fsp3) is 0.217. The largest absolute Gasteiger partial charge is 0.419 e. The van der Waals surface area contributed by atoms with Crippen molar-refractivity contribution in [3.8, 4) is 11.1 Å². The molecule has 0 fully saturated rings. The van der Waals surface area contributed by atoms with E-state index >= 15 is 0 Å². The molecule has 2 aromatic carbocycles. The fourth-order valence-electron chi connectivity index (χ4n) is 3.15. The number of aromatic nitrogens is 2. The van der Waals surface area contributed by atoms with Crippen molar-refractivity contribution in [2.75, 3.05) is 6.54 Å². The van der Waals surface area contributed by atoms with Crippen molar-refractivity contribution in [2.24, 2.45) is 0 Å². The third-order valence-electron chi connectivity index (χ3n) is 4.93. The molecule has 3 aromatic rings. The molecule has 0 saturated carbocycles. The van der Waals surface area contributed by atoms with Crippen molar-refractivity contribution in [1.82, 2.24) is 25.7 Å². The van der Waals surface area contributed by atoms with Crippen LogP contribution < -0.4 is 10.7 Å². The van der Waals surface area contributed by atoms with E-state index in [1.807, 2.05) is 0 Å². The van der Waals surface area contributed by atoms with Crippen molar-refractivity contribution < 1.29 is 31.5 Å². The molecule has 0 unspecified atom stereocenters. The molecular formula is C23H20F5N5O2. The van der Waals surface area contributed by atoms with Gasteiger partial charge in [-0.3, -0.25) is 10.2 Å². The Morgan fingerprint density at radius 3 is 2.31 bits per heavy atom. The van der Waals surface area contributed by atoms with E-state index < -0.39 is 40.9 Å². The van der Waals surface area contributed by atoms with E-state index in [-0.39, 0.29) is 29.8 Å². The van der Waals surface area contributed by atoms with Crippen molar-refractivity contribution in [3.05, 3.63) is 82.9 Å². The molecule has 3 amide bonds. The summed E-state index contributed by atoms with van der Waals surface area (Å²) >= 11 is 0. The maximum Gasteiger partial charge on any atom is 0.419 e. The maximum absolute atomic E-state index is 14.6. The first kappa shape index (κ1) is 25.5. The SMILES string of the molecule is CCN(NC(=O)c1cnc(C)nc1)C(=O)NCc1ccc(-c2cccc(F)c2C(F)(F)F)cc1F. The highest BCUT2D eigenvalue weighted by Gasteiger charge is 2.37. The molecule has 7 nitrogen and oxygen atoms in total. The van der Waals surface area contributed by atoms with Gasteiger partial charge in [0, 0.05) is 31.0 Å². The Morgan fingerprint density at radius 2 is 1.71 bits per heavy atom. The lowest BCUT2D eigenvalue weighted by Gasteiger charge is -2.22. The van der Waals surface area contributed by atoms with Crippen LogP contribution in [0.3, 0.4) is 0 Å². The standard InChI is InChI=1S/C23H20F5N5O2/c1-3-33(32-21(34)16-11-29-13(2)30-12-16)22(35)31-10-15-8-7-14(9-19(15)25)17-5-4-6-18(24)20(17)23(26,27)28/h4-9,11-12H,3,10H2,1-2H3,(H,31,35)(H,32,34). The van der Waals surface area contributed by atoms with Crippen molar-refractivity contribution in [2.45, 2.75) is 26.6 Å². The van der Waals surface area contributed by atoms with Crippen molar-refractivity contribution in [1.29, 1.82) is 0 Å². The van der Waals surface area contributed by atoms with Gasteiger partial charge in [-0.15, -0.1) is 0 Å². The van der Waals surface area contributed by atoms with Crippen LogP contribution in [0.5, 0.6) is 0 Å². The van der Waals surface area contributed by atoms with Crippen LogP contribution in [0.25, 0.3) is 11.1 Å². The number of hydrazine groups is 1. The minimum Gasteiger partial charge on any atom is -0.332 e. The average molecular weight is 493 g/mol. The normalized spacial score (nSPS) is 11.2. The topological polar surface area (TPSA) is 87.2 Å². The number of rotatable bonds is 5. The van der Waals surface area contributed by atoms with Gasteiger partial charge >= 0.3 is 12.2 Å². The Hall–Kier alpha value is -4.09. The highest BCUT2D eigenvalue weighted by Crippen LogP contribution is 2.39. The Labute approximate surface area is 197 Å². The Bertz CT molecular complexity index is 1230. The Kier molecular flexibility index (Phi) is 7.62. The van der Waals surface area contributed by atoms with Crippen LogP contribution in [0.15, 0.2) is 48.8 Å². The number of benzene rings is 2. The van der Waals surface area contributed by atoms with Crippen LogP contribution >= 0.6 is 0 Å². The maximum atomic E-state index is 14.6. The molecule has 0 aliphatic rings.